The van der Waals surface area contributed by atoms with Crippen LogP contribution >= 0.6 is 11.6 Å². The number of aromatic nitrogens is 2. The zero-order valence-electron chi connectivity index (χ0n) is 13.8. The standard InChI is InChI=1S/C19H14ClN5O/c1-12-9-17(18(26)24-16-8-3-2-5-13(16)11-21)25-19(22-12)23-15-7-4-6-14(20)10-15/h2-10H,1H3,(H,24,26)(H,22,23,25). The molecule has 3 aromatic rings. The molecule has 7 heteroatoms. The van der Waals surface area contributed by atoms with E-state index in [0.29, 0.717) is 27.7 Å². The fourth-order valence-electron chi connectivity index (χ4n) is 2.31. The minimum Gasteiger partial charge on any atom is -0.324 e. The van der Waals surface area contributed by atoms with Crippen LogP contribution in [-0.2, 0) is 0 Å². The van der Waals surface area contributed by atoms with Crippen LogP contribution in [0.3, 0.4) is 0 Å². The number of hydrogen-bond acceptors (Lipinski definition) is 5. The number of anilines is 3. The first-order valence-electron chi connectivity index (χ1n) is 7.74. The first-order valence-corrected chi connectivity index (χ1v) is 8.12. The van der Waals surface area contributed by atoms with Crippen LogP contribution in [0, 0.1) is 18.3 Å². The van der Waals surface area contributed by atoms with E-state index in [0.717, 1.165) is 0 Å². The predicted octanol–water partition coefficient (Wildman–Crippen LogP) is 4.31. The summed E-state index contributed by atoms with van der Waals surface area (Å²) in [4.78, 5) is 21.1. The lowest BCUT2D eigenvalue weighted by molar-refractivity contribution is 0.102. The second kappa shape index (κ2) is 7.64. The van der Waals surface area contributed by atoms with E-state index in [2.05, 4.69) is 20.6 Å². The zero-order valence-corrected chi connectivity index (χ0v) is 14.6. The van der Waals surface area contributed by atoms with E-state index in [-0.39, 0.29) is 11.6 Å². The lowest BCUT2D eigenvalue weighted by atomic mass is 10.2. The number of nitrogens with zero attached hydrogens (tertiary/aromatic N) is 3. The molecule has 0 aliphatic carbocycles. The third-order valence-electron chi connectivity index (χ3n) is 3.46. The van der Waals surface area contributed by atoms with Crippen molar-refractivity contribution in [3.63, 3.8) is 0 Å². The molecule has 2 N–H and O–H groups in total. The number of aryl methyl sites for hydroxylation is 1. The van der Waals surface area contributed by atoms with Gasteiger partial charge in [0.15, 0.2) is 0 Å². The van der Waals surface area contributed by atoms with E-state index < -0.39 is 5.91 Å². The Morgan fingerprint density at radius 3 is 2.69 bits per heavy atom. The van der Waals surface area contributed by atoms with Crippen molar-refractivity contribution in [2.75, 3.05) is 10.6 Å². The second-order valence-corrected chi connectivity index (χ2v) is 5.90. The average molecular weight is 364 g/mol. The van der Waals surface area contributed by atoms with Crippen LogP contribution in [0.2, 0.25) is 5.02 Å². The first kappa shape index (κ1) is 17.4. The summed E-state index contributed by atoms with van der Waals surface area (Å²) in [6, 6.07) is 17.5. The van der Waals surface area contributed by atoms with Gasteiger partial charge in [0.05, 0.1) is 11.3 Å². The van der Waals surface area contributed by atoms with Gasteiger partial charge in [-0.25, -0.2) is 9.97 Å². The molecule has 0 spiro atoms. The monoisotopic (exact) mass is 363 g/mol. The number of nitrogens with one attached hydrogen (secondary N) is 2. The molecule has 0 saturated carbocycles. The van der Waals surface area contributed by atoms with E-state index in [9.17, 15) is 4.79 Å². The van der Waals surface area contributed by atoms with Gasteiger partial charge in [0.25, 0.3) is 5.91 Å². The van der Waals surface area contributed by atoms with Crippen LogP contribution in [0.5, 0.6) is 0 Å². The van der Waals surface area contributed by atoms with Gasteiger partial charge in [-0.15, -0.1) is 0 Å². The Labute approximate surface area is 155 Å². The Morgan fingerprint density at radius 1 is 1.12 bits per heavy atom. The van der Waals surface area contributed by atoms with Crippen molar-refractivity contribution in [2.45, 2.75) is 6.92 Å². The average Bonchev–Trinajstić information content (AvgIpc) is 2.61. The molecule has 1 heterocycles. The van der Waals surface area contributed by atoms with Gasteiger partial charge >= 0.3 is 0 Å². The molecule has 0 saturated heterocycles. The fraction of sp³-hybridized carbons (Fsp3) is 0.0526. The number of hydrogen-bond donors (Lipinski definition) is 2. The van der Waals surface area contributed by atoms with Crippen molar-refractivity contribution in [2.24, 2.45) is 0 Å². The lowest BCUT2D eigenvalue weighted by Gasteiger charge is -2.10. The smallest absolute Gasteiger partial charge is 0.274 e. The zero-order chi connectivity index (χ0) is 18.5. The van der Waals surface area contributed by atoms with Gasteiger partial charge in [0, 0.05) is 16.4 Å². The molecule has 128 valence electrons. The molecule has 0 unspecified atom stereocenters. The van der Waals surface area contributed by atoms with Gasteiger partial charge in [-0.3, -0.25) is 4.79 Å². The van der Waals surface area contributed by atoms with Gasteiger partial charge in [-0.2, -0.15) is 5.26 Å². The highest BCUT2D eigenvalue weighted by Crippen LogP contribution is 2.19. The number of carbonyl (C=O) groups excluding carboxylic acids is 1. The molecule has 1 aromatic heterocycles. The summed E-state index contributed by atoms with van der Waals surface area (Å²) in [6.07, 6.45) is 0. The van der Waals surface area contributed by atoms with Crippen molar-refractivity contribution >= 4 is 34.8 Å². The molecule has 0 atom stereocenters. The molecular weight excluding hydrogens is 350 g/mol. The maximum atomic E-state index is 12.5. The second-order valence-electron chi connectivity index (χ2n) is 5.47. The Kier molecular flexibility index (Phi) is 5.11. The van der Waals surface area contributed by atoms with Crippen molar-refractivity contribution < 1.29 is 4.79 Å². The van der Waals surface area contributed by atoms with Gasteiger partial charge < -0.3 is 10.6 Å². The van der Waals surface area contributed by atoms with Gasteiger partial charge in [-0.1, -0.05) is 29.8 Å². The number of carbonyl (C=O) groups is 1. The summed E-state index contributed by atoms with van der Waals surface area (Å²) >= 11 is 5.97. The largest absolute Gasteiger partial charge is 0.324 e. The first-order chi connectivity index (χ1) is 12.5. The third kappa shape index (κ3) is 4.15. The highest BCUT2D eigenvalue weighted by molar-refractivity contribution is 6.30. The topological polar surface area (TPSA) is 90.7 Å². The maximum absolute atomic E-state index is 12.5. The summed E-state index contributed by atoms with van der Waals surface area (Å²) in [5.41, 5.74) is 2.34. The van der Waals surface area contributed by atoms with E-state index in [4.69, 9.17) is 16.9 Å². The molecular formula is C19H14ClN5O. The Balaban J connectivity index is 1.85. The van der Waals surface area contributed by atoms with E-state index in [1.165, 1.54) is 0 Å². The number of nitriles is 1. The lowest BCUT2D eigenvalue weighted by Crippen LogP contribution is -2.16. The van der Waals surface area contributed by atoms with Crippen LogP contribution in [0.4, 0.5) is 17.3 Å². The quantitative estimate of drug-likeness (QED) is 0.720. The van der Waals surface area contributed by atoms with Crippen LogP contribution in [0.25, 0.3) is 0 Å². The summed E-state index contributed by atoms with van der Waals surface area (Å²) in [7, 11) is 0. The molecule has 1 amide bonds. The molecule has 0 bridgehead atoms. The predicted molar refractivity (Wildman–Crippen MR) is 101 cm³/mol. The number of para-hydroxylation sites is 1. The molecule has 2 aromatic carbocycles. The Bertz CT molecular complexity index is 1010. The van der Waals surface area contributed by atoms with Crippen molar-refractivity contribution in [3.05, 3.63) is 76.6 Å². The van der Waals surface area contributed by atoms with Gasteiger partial charge in [0.1, 0.15) is 11.8 Å². The fourth-order valence-corrected chi connectivity index (χ4v) is 2.50. The number of amides is 1. The minimum atomic E-state index is -0.424. The van der Waals surface area contributed by atoms with Crippen molar-refractivity contribution in [1.82, 2.24) is 9.97 Å². The summed E-state index contributed by atoms with van der Waals surface area (Å²) in [5.74, 6) is -0.140. The third-order valence-corrected chi connectivity index (χ3v) is 3.70. The van der Waals surface area contributed by atoms with E-state index in [1.54, 1.807) is 55.5 Å². The van der Waals surface area contributed by atoms with E-state index in [1.807, 2.05) is 12.1 Å². The van der Waals surface area contributed by atoms with Crippen LogP contribution in [-0.4, -0.2) is 15.9 Å². The normalized spacial score (nSPS) is 10.0. The molecule has 0 aliphatic heterocycles. The van der Waals surface area contributed by atoms with Gasteiger partial charge in [0.2, 0.25) is 5.95 Å². The molecule has 0 fully saturated rings. The van der Waals surface area contributed by atoms with Crippen LogP contribution in [0.1, 0.15) is 21.7 Å². The van der Waals surface area contributed by atoms with Crippen LogP contribution < -0.4 is 10.6 Å². The summed E-state index contributed by atoms with van der Waals surface area (Å²) < 4.78 is 0. The highest BCUT2D eigenvalue weighted by atomic mass is 35.5. The SMILES string of the molecule is Cc1cc(C(=O)Nc2ccccc2C#N)nc(Nc2cccc(Cl)c2)n1. The number of halogens is 1. The number of rotatable bonds is 4. The van der Waals surface area contributed by atoms with E-state index >= 15 is 0 Å². The van der Waals surface area contributed by atoms with Gasteiger partial charge in [-0.05, 0) is 43.3 Å². The van der Waals surface area contributed by atoms with Crippen molar-refractivity contribution in [1.29, 1.82) is 5.26 Å². The molecule has 26 heavy (non-hydrogen) atoms. The highest BCUT2D eigenvalue weighted by Gasteiger charge is 2.13. The minimum absolute atomic E-state index is 0.190. The summed E-state index contributed by atoms with van der Waals surface area (Å²) in [6.45, 7) is 1.77. The Hall–Kier alpha value is -3.43. The molecule has 0 radical (unpaired) electrons. The molecule has 0 aliphatic rings. The number of benzene rings is 2. The molecule has 3 rings (SSSR count). The summed E-state index contributed by atoms with van der Waals surface area (Å²) in [5, 5.41) is 15.4. The van der Waals surface area contributed by atoms with Crippen LogP contribution in [0.15, 0.2) is 54.6 Å². The van der Waals surface area contributed by atoms with Crippen molar-refractivity contribution in [3.8, 4) is 6.07 Å². The Morgan fingerprint density at radius 2 is 1.92 bits per heavy atom. The molecule has 6 nitrogen and oxygen atoms in total. The maximum Gasteiger partial charge on any atom is 0.274 e.